The van der Waals surface area contributed by atoms with Crippen molar-refractivity contribution in [3.05, 3.63) is 77.9 Å². The fourth-order valence-electron chi connectivity index (χ4n) is 2.89. The number of aromatic nitrogens is 5. The van der Waals surface area contributed by atoms with E-state index in [0.29, 0.717) is 36.9 Å². The average molecular weight is 403 g/mol. The molecule has 30 heavy (non-hydrogen) atoms. The van der Waals surface area contributed by atoms with Gasteiger partial charge in [0.1, 0.15) is 18.8 Å². The van der Waals surface area contributed by atoms with Crippen molar-refractivity contribution in [2.45, 2.75) is 13.5 Å². The highest BCUT2D eigenvalue weighted by Gasteiger charge is 2.08. The number of carbonyl (C=O) groups excluding carboxylic acids is 1. The van der Waals surface area contributed by atoms with Crippen LogP contribution >= 0.6 is 0 Å². The smallest absolute Gasteiger partial charge is 0.254 e. The molecule has 1 aromatic carbocycles. The largest absolute Gasteiger partial charge is 0.473 e. The number of fused-ring (bicyclic) bond motifs is 1. The van der Waals surface area contributed by atoms with Crippen LogP contribution in [0.15, 0.2) is 61.1 Å². The van der Waals surface area contributed by atoms with E-state index < -0.39 is 0 Å². The Hall–Kier alpha value is -4.01. The first-order valence-electron chi connectivity index (χ1n) is 9.51. The first-order valence-corrected chi connectivity index (χ1v) is 9.51. The van der Waals surface area contributed by atoms with Crippen molar-refractivity contribution in [2.24, 2.45) is 0 Å². The lowest BCUT2D eigenvalue weighted by Crippen LogP contribution is -2.29. The lowest BCUT2D eigenvalue weighted by Gasteiger charge is -2.10. The highest BCUT2D eigenvalue weighted by molar-refractivity contribution is 5.94. The van der Waals surface area contributed by atoms with Crippen LogP contribution in [0, 0.1) is 6.92 Å². The minimum atomic E-state index is -0.194. The zero-order valence-corrected chi connectivity index (χ0v) is 16.4. The van der Waals surface area contributed by atoms with E-state index in [4.69, 9.17) is 4.74 Å². The number of nitrogens with zero attached hydrogens (tertiary/aromatic N) is 5. The lowest BCUT2D eigenvalue weighted by atomic mass is 10.2. The molecule has 0 saturated heterocycles. The Bertz CT molecular complexity index is 1140. The highest BCUT2D eigenvalue weighted by Crippen LogP contribution is 2.12. The van der Waals surface area contributed by atoms with Gasteiger partial charge in [0.15, 0.2) is 0 Å². The predicted molar refractivity (Wildman–Crippen MR) is 111 cm³/mol. The summed E-state index contributed by atoms with van der Waals surface area (Å²) >= 11 is 0. The van der Waals surface area contributed by atoms with Gasteiger partial charge in [-0.15, -0.1) is 0 Å². The molecule has 4 aromatic rings. The molecule has 0 aliphatic rings. The molecule has 9 heteroatoms. The van der Waals surface area contributed by atoms with Crippen LogP contribution in [0.25, 0.3) is 5.78 Å². The van der Waals surface area contributed by atoms with Gasteiger partial charge in [0, 0.05) is 42.7 Å². The number of hydrogen-bond donors (Lipinski definition) is 2. The average Bonchev–Trinajstić information content (AvgIpc) is 3.24. The highest BCUT2D eigenvalue weighted by atomic mass is 16.5. The fraction of sp³-hybridized carbons (Fsp3) is 0.190. The minimum absolute atomic E-state index is 0.194. The Morgan fingerprint density at radius 3 is 2.83 bits per heavy atom. The molecule has 9 nitrogen and oxygen atoms in total. The molecular weight excluding hydrogens is 382 g/mol. The molecule has 0 aliphatic carbocycles. The number of amides is 1. The summed E-state index contributed by atoms with van der Waals surface area (Å²) in [7, 11) is 0. The standard InChI is InChI=1S/C21H21N7O2/c1-15-11-18(28-21(27-15)25-14-26-28)22-9-10-24-20(29)17-7-8-23-19(12-17)30-13-16-5-3-2-4-6-16/h2-8,11-12,14,22H,9-10,13H2,1H3,(H,24,29). The van der Waals surface area contributed by atoms with Gasteiger partial charge in [-0.05, 0) is 18.6 Å². The number of ether oxygens (including phenoxy) is 1. The van der Waals surface area contributed by atoms with Crippen molar-refractivity contribution in [1.29, 1.82) is 0 Å². The Morgan fingerprint density at radius 2 is 1.97 bits per heavy atom. The predicted octanol–water partition coefficient (Wildman–Crippen LogP) is 2.25. The molecule has 0 radical (unpaired) electrons. The van der Waals surface area contributed by atoms with Crippen molar-refractivity contribution in [3.63, 3.8) is 0 Å². The molecule has 3 aromatic heterocycles. The minimum Gasteiger partial charge on any atom is -0.473 e. The van der Waals surface area contributed by atoms with E-state index in [1.165, 1.54) is 6.33 Å². The molecule has 0 spiro atoms. The Balaban J connectivity index is 1.29. The summed E-state index contributed by atoms with van der Waals surface area (Å²) in [5.41, 5.74) is 2.36. The maximum Gasteiger partial charge on any atom is 0.254 e. The molecule has 0 bridgehead atoms. The molecule has 3 heterocycles. The third-order valence-electron chi connectivity index (χ3n) is 4.32. The van der Waals surface area contributed by atoms with E-state index >= 15 is 0 Å². The van der Waals surface area contributed by atoms with Gasteiger partial charge in [-0.1, -0.05) is 30.3 Å². The normalized spacial score (nSPS) is 10.7. The number of hydrogen-bond acceptors (Lipinski definition) is 7. The molecular formula is C21H21N7O2. The first-order chi connectivity index (χ1) is 14.7. The van der Waals surface area contributed by atoms with E-state index in [0.717, 1.165) is 17.1 Å². The van der Waals surface area contributed by atoms with Gasteiger partial charge in [0.25, 0.3) is 11.7 Å². The summed E-state index contributed by atoms with van der Waals surface area (Å²) in [5.74, 6) is 1.51. The lowest BCUT2D eigenvalue weighted by molar-refractivity contribution is 0.0954. The van der Waals surface area contributed by atoms with Gasteiger partial charge in [0.05, 0.1) is 0 Å². The summed E-state index contributed by atoms with van der Waals surface area (Å²) in [6.07, 6.45) is 3.02. The van der Waals surface area contributed by atoms with Crippen LogP contribution in [-0.4, -0.2) is 43.6 Å². The van der Waals surface area contributed by atoms with Crippen LogP contribution in [0.3, 0.4) is 0 Å². The molecule has 0 atom stereocenters. The second kappa shape index (κ2) is 8.99. The molecule has 0 aliphatic heterocycles. The Morgan fingerprint density at radius 1 is 1.10 bits per heavy atom. The van der Waals surface area contributed by atoms with E-state index in [2.05, 4.69) is 30.7 Å². The summed E-state index contributed by atoms with van der Waals surface area (Å²) < 4.78 is 7.30. The van der Waals surface area contributed by atoms with Crippen LogP contribution in [0.5, 0.6) is 5.88 Å². The van der Waals surface area contributed by atoms with Crippen molar-refractivity contribution in [3.8, 4) is 5.88 Å². The van der Waals surface area contributed by atoms with Crippen LogP contribution < -0.4 is 15.4 Å². The van der Waals surface area contributed by atoms with E-state index in [-0.39, 0.29) is 5.91 Å². The van der Waals surface area contributed by atoms with Crippen molar-refractivity contribution in [2.75, 3.05) is 18.4 Å². The second-order valence-electron chi connectivity index (χ2n) is 6.59. The van der Waals surface area contributed by atoms with Crippen LogP contribution in [0.1, 0.15) is 21.6 Å². The summed E-state index contributed by atoms with van der Waals surface area (Å²) in [5, 5.41) is 10.3. The molecule has 0 unspecified atom stereocenters. The van der Waals surface area contributed by atoms with Crippen LogP contribution in [0.4, 0.5) is 5.82 Å². The molecule has 152 valence electrons. The number of anilines is 1. The summed E-state index contributed by atoms with van der Waals surface area (Å²) in [4.78, 5) is 25.0. The zero-order valence-electron chi connectivity index (χ0n) is 16.4. The summed E-state index contributed by atoms with van der Waals surface area (Å²) in [6.45, 7) is 3.24. The topological polar surface area (TPSA) is 106 Å². The van der Waals surface area contributed by atoms with E-state index in [1.807, 2.05) is 43.3 Å². The van der Waals surface area contributed by atoms with Gasteiger partial charge in [-0.3, -0.25) is 4.79 Å². The van der Waals surface area contributed by atoms with Gasteiger partial charge in [-0.25, -0.2) is 9.97 Å². The second-order valence-corrected chi connectivity index (χ2v) is 6.59. The van der Waals surface area contributed by atoms with Gasteiger partial charge >= 0.3 is 0 Å². The van der Waals surface area contributed by atoms with Crippen molar-refractivity contribution >= 4 is 17.5 Å². The van der Waals surface area contributed by atoms with Crippen LogP contribution in [0.2, 0.25) is 0 Å². The third kappa shape index (κ3) is 4.69. The molecule has 1 amide bonds. The SMILES string of the molecule is Cc1cc(NCCNC(=O)c2ccnc(OCc3ccccc3)c2)n2ncnc2n1. The number of benzene rings is 1. The zero-order chi connectivity index (χ0) is 20.8. The van der Waals surface area contributed by atoms with Gasteiger partial charge in [0.2, 0.25) is 5.88 Å². The number of carbonyl (C=O) groups is 1. The first kappa shape index (κ1) is 19.3. The quantitative estimate of drug-likeness (QED) is 0.435. The molecule has 0 fully saturated rings. The maximum absolute atomic E-state index is 12.4. The Kier molecular flexibility index (Phi) is 5.79. The Labute approximate surface area is 173 Å². The monoisotopic (exact) mass is 403 g/mol. The fourth-order valence-corrected chi connectivity index (χ4v) is 2.89. The maximum atomic E-state index is 12.4. The van der Waals surface area contributed by atoms with Gasteiger partial charge < -0.3 is 15.4 Å². The summed E-state index contributed by atoms with van der Waals surface area (Å²) in [6, 6.07) is 15.0. The molecule has 0 saturated carbocycles. The van der Waals surface area contributed by atoms with E-state index in [1.54, 1.807) is 22.8 Å². The van der Waals surface area contributed by atoms with Crippen molar-refractivity contribution < 1.29 is 9.53 Å². The number of pyridine rings is 1. The molecule has 2 N–H and O–H groups in total. The van der Waals surface area contributed by atoms with Crippen LogP contribution in [-0.2, 0) is 6.61 Å². The van der Waals surface area contributed by atoms with Gasteiger partial charge in [-0.2, -0.15) is 14.6 Å². The number of nitrogens with one attached hydrogen (secondary N) is 2. The van der Waals surface area contributed by atoms with E-state index in [9.17, 15) is 4.79 Å². The number of rotatable bonds is 8. The third-order valence-corrected chi connectivity index (χ3v) is 4.32. The molecule has 4 rings (SSSR count). The van der Waals surface area contributed by atoms with Crippen molar-refractivity contribution in [1.82, 2.24) is 29.9 Å². The number of aryl methyl sites for hydroxylation is 1.